The van der Waals surface area contributed by atoms with Crippen LogP contribution in [-0.2, 0) is 4.79 Å². The van der Waals surface area contributed by atoms with Crippen LogP contribution in [0.3, 0.4) is 0 Å². The second-order valence-electron chi connectivity index (χ2n) is 4.04. The van der Waals surface area contributed by atoms with Gasteiger partial charge in [0.15, 0.2) is 0 Å². The highest BCUT2D eigenvalue weighted by Gasteiger charge is 2.09. The molecule has 0 aliphatic rings. The molecule has 0 fully saturated rings. The molecule has 0 saturated carbocycles. The average Bonchev–Trinajstić information content (AvgIpc) is 2.38. The largest absolute Gasteiger partial charge is 0.334 e. The van der Waals surface area contributed by atoms with Crippen LogP contribution in [0.4, 0.5) is 0 Å². The highest BCUT2D eigenvalue weighted by molar-refractivity contribution is 5.73. The van der Waals surface area contributed by atoms with Gasteiger partial charge in [0, 0.05) is 20.0 Å². The lowest BCUT2D eigenvalue weighted by molar-refractivity contribution is -0.128. The lowest BCUT2D eigenvalue weighted by Gasteiger charge is -2.20. The maximum absolute atomic E-state index is 11.6. The quantitative estimate of drug-likeness (QED) is 0.713. The predicted octanol–water partition coefficient (Wildman–Crippen LogP) is 3.23. The van der Waals surface area contributed by atoms with Crippen LogP contribution < -0.4 is 0 Å². The zero-order valence-electron chi connectivity index (χ0n) is 12.2. The van der Waals surface area contributed by atoms with Gasteiger partial charge in [-0.05, 0) is 61.1 Å². The summed E-state index contributed by atoms with van der Waals surface area (Å²) in [6.45, 7) is 12.9. The molecule has 0 atom stereocenters. The van der Waals surface area contributed by atoms with Gasteiger partial charge < -0.3 is 4.90 Å². The van der Waals surface area contributed by atoms with E-state index in [9.17, 15) is 4.79 Å². The van der Waals surface area contributed by atoms with E-state index in [1.54, 1.807) is 4.90 Å². The molecule has 0 radical (unpaired) electrons. The Labute approximate surface area is 120 Å². The Balaban J connectivity index is 5.27. The molecule has 1 amide bonds. The Morgan fingerprint density at radius 3 is 1.55 bits per heavy atom. The third kappa shape index (κ3) is 8.31. The Hall–Kier alpha value is -2.81. The maximum atomic E-state index is 11.6. The van der Waals surface area contributed by atoms with E-state index >= 15 is 0 Å². The second-order valence-corrected chi connectivity index (χ2v) is 4.04. The molecule has 0 saturated heterocycles. The Morgan fingerprint density at radius 1 is 0.850 bits per heavy atom. The van der Waals surface area contributed by atoms with E-state index in [1.807, 2.05) is 13.8 Å². The summed E-state index contributed by atoms with van der Waals surface area (Å²) in [5.41, 5.74) is 22.8. The lowest BCUT2D eigenvalue weighted by Crippen LogP contribution is -2.31. The van der Waals surface area contributed by atoms with Crippen LogP contribution in [0.2, 0.25) is 0 Å². The van der Waals surface area contributed by atoms with E-state index < -0.39 is 0 Å². The van der Waals surface area contributed by atoms with E-state index in [4.69, 9.17) is 0 Å². The maximum Gasteiger partial charge on any atom is 0.220 e. The molecule has 2 nitrogen and oxygen atoms in total. The van der Waals surface area contributed by atoms with Crippen LogP contribution in [0, 0.1) is 0 Å². The van der Waals surface area contributed by atoms with Crippen molar-refractivity contribution >= 4 is 5.91 Å². The minimum atomic E-state index is -0.0289. The highest BCUT2D eigenvalue weighted by Crippen LogP contribution is 2.02. The summed E-state index contributed by atoms with van der Waals surface area (Å²) >= 11 is 0. The molecule has 0 aliphatic heterocycles. The number of hydrogen-bond donors (Lipinski definition) is 0. The van der Waals surface area contributed by atoms with Crippen LogP contribution in [-0.4, -0.2) is 23.9 Å². The van der Waals surface area contributed by atoms with E-state index in [1.165, 1.54) is 6.92 Å². The predicted molar refractivity (Wildman–Crippen MR) is 80.0 cm³/mol. The standard InChI is InChI=1S/C18H17NO/c1-6-8-10-12-16(3)14-19(18(5)20)15-17(4)13-11-9-7-2/h1-2,14-15H2,3-5H3. The van der Waals surface area contributed by atoms with Gasteiger partial charge in [-0.15, -0.1) is 0 Å². The van der Waals surface area contributed by atoms with Crippen molar-refractivity contribution in [3.05, 3.63) is 70.2 Å². The van der Waals surface area contributed by atoms with Crippen molar-refractivity contribution in [1.82, 2.24) is 4.90 Å². The molecule has 0 aromatic rings. The molecule has 0 unspecified atom stereocenters. The molecular weight excluding hydrogens is 246 g/mol. The van der Waals surface area contributed by atoms with Gasteiger partial charge in [0.05, 0.1) is 0 Å². The normalized spacial score (nSPS) is 7.15. The number of rotatable bonds is 4. The monoisotopic (exact) mass is 263 g/mol. The molecule has 0 aromatic heterocycles. The molecular formula is C18H17NO. The van der Waals surface area contributed by atoms with E-state index in [0.717, 1.165) is 11.1 Å². The number of carbonyl (C=O) groups is 1. The Bertz CT molecular complexity index is 633. The SMILES string of the molecule is C=C=C=C=C=C(C)CN(CC(C)=C=C=C=C=C)C(C)=O. The molecule has 0 rings (SSSR count). The summed E-state index contributed by atoms with van der Waals surface area (Å²) in [7, 11) is 0. The fourth-order valence-electron chi connectivity index (χ4n) is 1.29. The van der Waals surface area contributed by atoms with Gasteiger partial charge in [-0.3, -0.25) is 4.79 Å². The van der Waals surface area contributed by atoms with Crippen molar-refractivity contribution in [2.45, 2.75) is 20.8 Å². The van der Waals surface area contributed by atoms with Crippen molar-refractivity contribution in [3.8, 4) is 0 Å². The van der Waals surface area contributed by atoms with Crippen molar-refractivity contribution in [1.29, 1.82) is 0 Å². The molecule has 100 valence electrons. The van der Waals surface area contributed by atoms with E-state index in [2.05, 4.69) is 59.0 Å². The first kappa shape index (κ1) is 17.2. The summed E-state index contributed by atoms with van der Waals surface area (Å²) in [6.07, 6.45) is 0. The van der Waals surface area contributed by atoms with Gasteiger partial charge >= 0.3 is 0 Å². The number of amides is 1. The van der Waals surface area contributed by atoms with E-state index in [0.29, 0.717) is 13.1 Å². The van der Waals surface area contributed by atoms with Gasteiger partial charge in [0.25, 0.3) is 0 Å². The van der Waals surface area contributed by atoms with Crippen LogP contribution in [0.5, 0.6) is 0 Å². The van der Waals surface area contributed by atoms with Crippen molar-refractivity contribution < 1.29 is 4.79 Å². The zero-order chi connectivity index (χ0) is 15.4. The molecule has 0 aliphatic carbocycles. The molecule has 0 spiro atoms. The zero-order valence-corrected chi connectivity index (χ0v) is 12.2. The third-order valence-electron chi connectivity index (χ3n) is 2.15. The topological polar surface area (TPSA) is 20.3 Å². The van der Waals surface area contributed by atoms with Gasteiger partial charge in [-0.1, -0.05) is 22.9 Å². The fourth-order valence-corrected chi connectivity index (χ4v) is 1.29. The molecule has 0 N–H and O–H groups in total. The molecule has 20 heavy (non-hydrogen) atoms. The molecule has 0 aromatic carbocycles. The first-order valence-electron chi connectivity index (χ1n) is 5.97. The first-order chi connectivity index (χ1) is 9.51. The first-order valence-corrected chi connectivity index (χ1v) is 5.97. The lowest BCUT2D eigenvalue weighted by atomic mass is 10.2. The van der Waals surface area contributed by atoms with Crippen LogP contribution >= 0.6 is 0 Å². The smallest absolute Gasteiger partial charge is 0.220 e. The van der Waals surface area contributed by atoms with Crippen LogP contribution in [0.25, 0.3) is 0 Å². The average molecular weight is 263 g/mol. The van der Waals surface area contributed by atoms with Gasteiger partial charge in [-0.25, -0.2) is 0 Å². The summed E-state index contributed by atoms with van der Waals surface area (Å²) in [6, 6.07) is 0. The third-order valence-corrected chi connectivity index (χ3v) is 2.15. The van der Waals surface area contributed by atoms with Gasteiger partial charge in [0.1, 0.15) is 0 Å². The minimum Gasteiger partial charge on any atom is -0.334 e. The Morgan fingerprint density at radius 2 is 1.25 bits per heavy atom. The van der Waals surface area contributed by atoms with Crippen LogP contribution in [0.15, 0.2) is 70.2 Å². The number of hydrogen-bond acceptors (Lipinski definition) is 1. The highest BCUT2D eigenvalue weighted by atomic mass is 16.2. The molecule has 2 heteroatoms. The summed E-state index contributed by atoms with van der Waals surface area (Å²) in [4.78, 5) is 13.3. The van der Waals surface area contributed by atoms with E-state index in [-0.39, 0.29) is 5.91 Å². The minimum absolute atomic E-state index is 0.0289. The number of nitrogens with zero attached hydrogens (tertiary/aromatic N) is 1. The van der Waals surface area contributed by atoms with Gasteiger partial charge in [-0.2, -0.15) is 0 Å². The van der Waals surface area contributed by atoms with Crippen molar-refractivity contribution in [2.75, 3.05) is 13.1 Å². The summed E-state index contributed by atoms with van der Waals surface area (Å²) < 4.78 is 0. The molecule has 0 bridgehead atoms. The summed E-state index contributed by atoms with van der Waals surface area (Å²) in [5, 5.41) is 0. The van der Waals surface area contributed by atoms with Crippen molar-refractivity contribution in [2.24, 2.45) is 0 Å². The number of carbonyl (C=O) groups excluding carboxylic acids is 1. The summed E-state index contributed by atoms with van der Waals surface area (Å²) in [5.74, 6) is -0.0289. The fraction of sp³-hybridized carbons (Fsp3) is 0.278. The van der Waals surface area contributed by atoms with Crippen molar-refractivity contribution in [3.63, 3.8) is 0 Å². The Kier molecular flexibility index (Phi) is 8.72. The second kappa shape index (κ2) is 10.1. The molecule has 0 heterocycles. The van der Waals surface area contributed by atoms with Gasteiger partial charge in [0.2, 0.25) is 5.91 Å². The van der Waals surface area contributed by atoms with Crippen LogP contribution in [0.1, 0.15) is 20.8 Å².